The third-order valence-electron chi connectivity index (χ3n) is 6.30. The van der Waals surface area contributed by atoms with E-state index in [4.69, 9.17) is 10.5 Å². The molecule has 4 rings (SSSR count). The Labute approximate surface area is 215 Å². The van der Waals surface area contributed by atoms with Gasteiger partial charge in [0.15, 0.2) is 17.3 Å². The summed E-state index contributed by atoms with van der Waals surface area (Å²) in [4.78, 5) is 35.2. The maximum Gasteiger partial charge on any atom is 0.271 e. The van der Waals surface area contributed by atoms with E-state index in [1.165, 1.54) is 6.08 Å². The average molecular weight is 505 g/mol. The standard InChI is InChI=1S/C26H32N8O3/c1-5-19-26(37-18-9-7-8-17(14-18)28-22(35)6-2)31-25(23(29-19)24(27)36)30-21-15-20(34(4)32-21)16-10-12-33(3)13-11-16/h6-9,14-16H,2,5,10-13H2,1,3-4H3,(H2,27,36)(H,28,35)(H,30,31,32). The zero-order valence-electron chi connectivity index (χ0n) is 21.3. The number of amides is 2. The van der Waals surface area contributed by atoms with Crippen molar-refractivity contribution < 1.29 is 14.3 Å². The zero-order valence-corrected chi connectivity index (χ0v) is 21.3. The second-order valence-corrected chi connectivity index (χ2v) is 8.99. The van der Waals surface area contributed by atoms with Crippen LogP contribution in [0, 0.1) is 0 Å². The Hall–Kier alpha value is -4.25. The maximum atomic E-state index is 12.2. The first-order chi connectivity index (χ1) is 17.8. The van der Waals surface area contributed by atoms with E-state index in [0.29, 0.717) is 35.3 Å². The molecular formula is C26H32N8O3. The highest BCUT2D eigenvalue weighted by atomic mass is 16.5. The van der Waals surface area contributed by atoms with Crippen molar-refractivity contribution in [1.82, 2.24) is 24.6 Å². The predicted molar refractivity (Wildman–Crippen MR) is 141 cm³/mol. The number of hydrogen-bond acceptors (Lipinski definition) is 8. The highest BCUT2D eigenvalue weighted by Crippen LogP contribution is 2.31. The molecule has 0 saturated carbocycles. The SMILES string of the molecule is C=CC(=O)Nc1cccc(Oc2nc(Nc3cc(C4CCN(C)CC4)n(C)n3)c(C(N)=O)nc2CC)c1. The summed E-state index contributed by atoms with van der Waals surface area (Å²) in [6, 6.07) is 8.83. The molecule has 1 fully saturated rings. The van der Waals surface area contributed by atoms with Crippen LogP contribution in [-0.4, -0.2) is 56.6 Å². The Balaban J connectivity index is 1.63. The average Bonchev–Trinajstić information content (AvgIpc) is 3.24. The van der Waals surface area contributed by atoms with E-state index in [1.54, 1.807) is 24.3 Å². The molecule has 1 aliphatic heterocycles. The molecule has 194 valence electrons. The van der Waals surface area contributed by atoms with Gasteiger partial charge in [0.05, 0.1) is 0 Å². The molecule has 3 heterocycles. The molecule has 0 radical (unpaired) electrons. The lowest BCUT2D eigenvalue weighted by molar-refractivity contribution is -0.111. The minimum atomic E-state index is -0.711. The minimum Gasteiger partial charge on any atom is -0.437 e. The molecule has 3 aromatic rings. The van der Waals surface area contributed by atoms with Crippen LogP contribution in [0.25, 0.3) is 0 Å². The Morgan fingerprint density at radius 2 is 1.97 bits per heavy atom. The number of rotatable bonds is 9. The van der Waals surface area contributed by atoms with E-state index in [1.807, 2.05) is 24.7 Å². The molecule has 0 unspecified atom stereocenters. The van der Waals surface area contributed by atoms with Crippen molar-refractivity contribution >= 4 is 29.1 Å². The smallest absolute Gasteiger partial charge is 0.271 e. The van der Waals surface area contributed by atoms with E-state index in [9.17, 15) is 9.59 Å². The highest BCUT2D eigenvalue weighted by Gasteiger charge is 2.24. The van der Waals surface area contributed by atoms with Gasteiger partial charge in [-0.1, -0.05) is 19.6 Å². The topological polar surface area (TPSA) is 140 Å². The number of piperidine rings is 1. The Morgan fingerprint density at radius 3 is 2.65 bits per heavy atom. The third kappa shape index (κ3) is 6.12. The Kier molecular flexibility index (Phi) is 7.83. The number of aryl methyl sites for hydroxylation is 2. The number of ether oxygens (including phenoxy) is 1. The lowest BCUT2D eigenvalue weighted by atomic mass is 9.94. The zero-order chi connectivity index (χ0) is 26.5. The van der Waals surface area contributed by atoms with Crippen molar-refractivity contribution in [3.63, 3.8) is 0 Å². The quantitative estimate of drug-likeness (QED) is 0.377. The van der Waals surface area contributed by atoms with Crippen LogP contribution in [-0.2, 0) is 18.3 Å². The number of hydrogen-bond donors (Lipinski definition) is 3. The summed E-state index contributed by atoms with van der Waals surface area (Å²) in [5.41, 5.74) is 7.76. The number of anilines is 3. The molecule has 11 nitrogen and oxygen atoms in total. The fourth-order valence-corrected chi connectivity index (χ4v) is 4.32. The van der Waals surface area contributed by atoms with Crippen LogP contribution >= 0.6 is 0 Å². The van der Waals surface area contributed by atoms with Crippen LogP contribution in [0.2, 0.25) is 0 Å². The van der Waals surface area contributed by atoms with Gasteiger partial charge in [-0.3, -0.25) is 14.3 Å². The molecule has 1 aliphatic rings. The lowest BCUT2D eigenvalue weighted by Gasteiger charge is -2.28. The lowest BCUT2D eigenvalue weighted by Crippen LogP contribution is -2.29. The Morgan fingerprint density at radius 1 is 1.22 bits per heavy atom. The van der Waals surface area contributed by atoms with Crippen molar-refractivity contribution in [1.29, 1.82) is 0 Å². The summed E-state index contributed by atoms with van der Waals surface area (Å²) in [6.45, 7) is 7.41. The maximum absolute atomic E-state index is 12.2. The Bertz CT molecular complexity index is 1310. The van der Waals surface area contributed by atoms with Gasteiger partial charge in [-0.05, 0) is 57.6 Å². The van der Waals surface area contributed by atoms with Crippen molar-refractivity contribution in [2.45, 2.75) is 32.1 Å². The molecule has 0 aliphatic carbocycles. The number of nitrogens with zero attached hydrogens (tertiary/aromatic N) is 5. The van der Waals surface area contributed by atoms with E-state index in [0.717, 1.165) is 31.6 Å². The molecule has 1 saturated heterocycles. The summed E-state index contributed by atoms with van der Waals surface area (Å²) in [7, 11) is 4.04. The first-order valence-corrected chi connectivity index (χ1v) is 12.2. The van der Waals surface area contributed by atoms with Crippen molar-refractivity contribution in [3.05, 3.63) is 60.1 Å². The van der Waals surface area contributed by atoms with Crippen LogP contribution in [0.1, 0.15) is 47.6 Å². The molecule has 37 heavy (non-hydrogen) atoms. The second kappa shape index (κ2) is 11.2. The van der Waals surface area contributed by atoms with Gasteiger partial charge in [0.25, 0.3) is 5.91 Å². The molecule has 4 N–H and O–H groups in total. The van der Waals surface area contributed by atoms with Crippen molar-refractivity contribution in [2.75, 3.05) is 30.8 Å². The molecule has 0 spiro atoms. The van der Waals surface area contributed by atoms with Gasteiger partial charge in [0, 0.05) is 36.5 Å². The molecule has 2 amide bonds. The number of carbonyl (C=O) groups excluding carboxylic acids is 2. The minimum absolute atomic E-state index is 0.00249. The summed E-state index contributed by atoms with van der Waals surface area (Å²) in [6.07, 6.45) is 3.75. The summed E-state index contributed by atoms with van der Waals surface area (Å²) in [5.74, 6) is 0.706. The highest BCUT2D eigenvalue weighted by molar-refractivity contribution is 5.99. The molecule has 2 aromatic heterocycles. The predicted octanol–water partition coefficient (Wildman–Crippen LogP) is 3.34. The van der Waals surface area contributed by atoms with E-state index < -0.39 is 5.91 Å². The fraction of sp³-hybridized carbons (Fsp3) is 0.346. The van der Waals surface area contributed by atoms with Gasteiger partial charge in [-0.2, -0.15) is 10.1 Å². The van der Waals surface area contributed by atoms with Crippen LogP contribution in [0.5, 0.6) is 11.6 Å². The van der Waals surface area contributed by atoms with Gasteiger partial charge in [-0.15, -0.1) is 0 Å². The number of likely N-dealkylation sites (tertiary alicyclic amines) is 1. The van der Waals surface area contributed by atoms with Crippen LogP contribution in [0.3, 0.4) is 0 Å². The molecule has 11 heteroatoms. The number of nitrogens with one attached hydrogen (secondary N) is 2. The second-order valence-electron chi connectivity index (χ2n) is 8.99. The van der Waals surface area contributed by atoms with E-state index in [2.05, 4.69) is 44.2 Å². The first-order valence-electron chi connectivity index (χ1n) is 12.2. The fourth-order valence-electron chi connectivity index (χ4n) is 4.32. The summed E-state index contributed by atoms with van der Waals surface area (Å²) >= 11 is 0. The summed E-state index contributed by atoms with van der Waals surface area (Å²) in [5, 5.41) is 10.4. The van der Waals surface area contributed by atoms with Gasteiger partial charge >= 0.3 is 0 Å². The van der Waals surface area contributed by atoms with Crippen LogP contribution < -0.4 is 21.1 Å². The number of carbonyl (C=O) groups is 2. The van der Waals surface area contributed by atoms with Crippen molar-refractivity contribution in [3.8, 4) is 11.6 Å². The van der Waals surface area contributed by atoms with Crippen molar-refractivity contribution in [2.24, 2.45) is 12.8 Å². The molecule has 0 atom stereocenters. The molecule has 1 aromatic carbocycles. The number of aromatic nitrogens is 4. The number of primary amides is 1. The number of benzene rings is 1. The van der Waals surface area contributed by atoms with E-state index >= 15 is 0 Å². The van der Waals surface area contributed by atoms with Gasteiger partial charge in [0.1, 0.15) is 11.4 Å². The molecule has 0 bridgehead atoms. The van der Waals surface area contributed by atoms with Gasteiger partial charge in [0.2, 0.25) is 11.8 Å². The van der Waals surface area contributed by atoms with Gasteiger partial charge in [-0.25, -0.2) is 4.98 Å². The van der Waals surface area contributed by atoms with Crippen LogP contribution in [0.4, 0.5) is 17.3 Å². The normalized spacial score (nSPS) is 14.2. The monoisotopic (exact) mass is 504 g/mol. The van der Waals surface area contributed by atoms with E-state index in [-0.39, 0.29) is 23.3 Å². The first kappa shape index (κ1) is 25.8. The molecular weight excluding hydrogens is 472 g/mol. The largest absolute Gasteiger partial charge is 0.437 e. The summed E-state index contributed by atoms with van der Waals surface area (Å²) < 4.78 is 7.89. The van der Waals surface area contributed by atoms with Gasteiger partial charge < -0.3 is 26.0 Å². The third-order valence-corrected chi connectivity index (χ3v) is 6.30. The number of nitrogens with two attached hydrogens (primary N) is 1. The van der Waals surface area contributed by atoms with Crippen LogP contribution in [0.15, 0.2) is 43.0 Å².